The number of hydrogen-bond donors (Lipinski definition) is 0. The van der Waals surface area contributed by atoms with E-state index in [1.807, 2.05) is 18.2 Å². The molecule has 170 valence electrons. The lowest BCUT2D eigenvalue weighted by atomic mass is 9.70. The van der Waals surface area contributed by atoms with E-state index in [-0.39, 0.29) is 5.97 Å². The Labute approximate surface area is 192 Å². The molecule has 2 atom stereocenters. The van der Waals surface area contributed by atoms with Crippen LogP contribution in [-0.4, -0.2) is 22.6 Å². The number of carbonyl (C=O) groups excluding carboxylic acids is 1. The van der Waals surface area contributed by atoms with Crippen LogP contribution in [0.4, 0.5) is 0 Å². The summed E-state index contributed by atoms with van der Waals surface area (Å²) >= 11 is 0. The predicted octanol–water partition coefficient (Wildman–Crippen LogP) is 6.92. The number of hydrogen-bond acceptors (Lipinski definition) is 3. The summed E-state index contributed by atoms with van der Waals surface area (Å²) in [6, 6.07) is 15.1. The predicted molar refractivity (Wildman–Crippen MR) is 130 cm³/mol. The van der Waals surface area contributed by atoms with Gasteiger partial charge >= 0.3 is 5.97 Å². The van der Waals surface area contributed by atoms with Crippen molar-refractivity contribution in [1.82, 2.24) is 9.55 Å². The molecule has 1 heterocycles. The molecule has 0 spiro atoms. The first-order chi connectivity index (χ1) is 15.2. The van der Waals surface area contributed by atoms with Crippen LogP contribution < -0.4 is 0 Å². The van der Waals surface area contributed by atoms with Crippen LogP contribution in [0.5, 0.6) is 0 Å². The normalized spacial score (nSPS) is 20.6. The highest BCUT2D eigenvalue weighted by molar-refractivity contribution is 5.93. The van der Waals surface area contributed by atoms with Crippen molar-refractivity contribution in [3.05, 3.63) is 65.0 Å². The summed E-state index contributed by atoms with van der Waals surface area (Å²) in [4.78, 5) is 17.1. The van der Waals surface area contributed by atoms with Gasteiger partial charge in [0.15, 0.2) is 0 Å². The molecule has 0 saturated heterocycles. The van der Waals surface area contributed by atoms with E-state index in [0.717, 1.165) is 36.1 Å². The summed E-state index contributed by atoms with van der Waals surface area (Å²) in [5.74, 6) is 1.96. The average molecular weight is 433 g/mol. The van der Waals surface area contributed by atoms with E-state index in [2.05, 4.69) is 63.5 Å². The maximum Gasteiger partial charge on any atom is 0.337 e. The molecule has 2 aromatic carbocycles. The number of fused-ring (bicyclic) bond motifs is 1. The lowest BCUT2D eigenvalue weighted by Gasteiger charge is -2.40. The molecule has 0 aliphatic heterocycles. The highest BCUT2D eigenvalue weighted by Crippen LogP contribution is 2.45. The molecule has 0 amide bonds. The quantitative estimate of drug-likeness (QED) is 0.411. The fraction of sp³-hybridized carbons (Fsp3) is 0.500. The van der Waals surface area contributed by atoms with Gasteiger partial charge in [-0.15, -0.1) is 0 Å². The van der Waals surface area contributed by atoms with Gasteiger partial charge in [0, 0.05) is 12.5 Å². The number of aromatic nitrogens is 2. The SMILES string of the molecule is COC(=O)c1ccc2c(c1)nc(Cc1ccc(C(C)C)cc1)n2[C@H]1C[C@@H](C)CC(C)(C)C1. The monoisotopic (exact) mass is 432 g/mol. The summed E-state index contributed by atoms with van der Waals surface area (Å²) in [7, 11) is 1.42. The van der Waals surface area contributed by atoms with Crippen molar-refractivity contribution < 1.29 is 9.53 Å². The second-order valence-corrected chi connectivity index (χ2v) is 10.7. The van der Waals surface area contributed by atoms with Crippen molar-refractivity contribution in [2.45, 2.75) is 72.3 Å². The van der Waals surface area contributed by atoms with E-state index in [4.69, 9.17) is 9.72 Å². The molecule has 4 nitrogen and oxygen atoms in total. The Bertz CT molecular complexity index is 1110. The second kappa shape index (κ2) is 8.73. The van der Waals surface area contributed by atoms with Gasteiger partial charge in [-0.1, -0.05) is 58.9 Å². The minimum Gasteiger partial charge on any atom is -0.465 e. The number of carbonyl (C=O) groups is 1. The number of ether oxygens (including phenoxy) is 1. The maximum atomic E-state index is 12.1. The molecule has 1 aliphatic carbocycles. The topological polar surface area (TPSA) is 44.1 Å². The minimum absolute atomic E-state index is 0.307. The Morgan fingerprint density at radius 1 is 1.16 bits per heavy atom. The fourth-order valence-electron chi connectivity index (χ4n) is 5.62. The van der Waals surface area contributed by atoms with Gasteiger partial charge in [0.1, 0.15) is 5.82 Å². The van der Waals surface area contributed by atoms with E-state index in [1.54, 1.807) is 0 Å². The molecular weight excluding hydrogens is 396 g/mol. The van der Waals surface area contributed by atoms with Crippen LogP contribution >= 0.6 is 0 Å². The zero-order valence-corrected chi connectivity index (χ0v) is 20.3. The third-order valence-electron chi connectivity index (χ3n) is 6.92. The summed E-state index contributed by atoms with van der Waals surface area (Å²) in [5, 5.41) is 0. The Hall–Kier alpha value is -2.62. The third-order valence-corrected chi connectivity index (χ3v) is 6.92. The van der Waals surface area contributed by atoms with Gasteiger partial charge in [0.25, 0.3) is 0 Å². The van der Waals surface area contributed by atoms with Gasteiger partial charge < -0.3 is 9.30 Å². The van der Waals surface area contributed by atoms with Crippen molar-refractivity contribution in [3.8, 4) is 0 Å². The smallest absolute Gasteiger partial charge is 0.337 e. The van der Waals surface area contributed by atoms with Crippen LogP contribution in [0.3, 0.4) is 0 Å². The van der Waals surface area contributed by atoms with Gasteiger partial charge in [0.05, 0.1) is 23.7 Å². The maximum absolute atomic E-state index is 12.1. The van der Waals surface area contributed by atoms with Gasteiger partial charge in [-0.05, 0) is 65.8 Å². The summed E-state index contributed by atoms with van der Waals surface area (Å²) in [5.41, 5.74) is 5.46. The molecule has 0 N–H and O–H groups in total. The largest absolute Gasteiger partial charge is 0.465 e. The number of benzene rings is 2. The van der Waals surface area contributed by atoms with Gasteiger partial charge in [-0.25, -0.2) is 9.78 Å². The molecule has 0 unspecified atom stereocenters. The van der Waals surface area contributed by atoms with Crippen LogP contribution in [0.2, 0.25) is 0 Å². The first-order valence-electron chi connectivity index (χ1n) is 11.8. The minimum atomic E-state index is -0.320. The number of imidazole rings is 1. The number of rotatable bonds is 5. The van der Waals surface area contributed by atoms with Gasteiger partial charge in [0.2, 0.25) is 0 Å². The van der Waals surface area contributed by atoms with Crippen molar-refractivity contribution in [2.24, 2.45) is 11.3 Å². The molecule has 0 radical (unpaired) electrons. The Balaban J connectivity index is 1.78. The van der Waals surface area contributed by atoms with E-state index in [1.165, 1.54) is 24.7 Å². The highest BCUT2D eigenvalue weighted by Gasteiger charge is 2.34. The molecule has 3 aromatic rings. The summed E-state index contributed by atoms with van der Waals surface area (Å²) in [6.07, 6.45) is 4.34. The van der Waals surface area contributed by atoms with Crippen LogP contribution in [0.25, 0.3) is 11.0 Å². The second-order valence-electron chi connectivity index (χ2n) is 10.7. The molecule has 32 heavy (non-hydrogen) atoms. The van der Waals surface area contributed by atoms with E-state index in [9.17, 15) is 4.79 Å². The molecule has 4 heteroatoms. The van der Waals surface area contributed by atoms with E-state index < -0.39 is 0 Å². The van der Waals surface area contributed by atoms with Crippen molar-refractivity contribution in [3.63, 3.8) is 0 Å². The lowest BCUT2D eigenvalue weighted by molar-refractivity contribution is 0.0601. The zero-order chi connectivity index (χ0) is 23.0. The molecule has 1 aromatic heterocycles. The average Bonchev–Trinajstić information content (AvgIpc) is 3.09. The first-order valence-corrected chi connectivity index (χ1v) is 11.8. The molecule has 4 rings (SSSR count). The lowest BCUT2D eigenvalue weighted by Crippen LogP contribution is -2.30. The summed E-state index contributed by atoms with van der Waals surface area (Å²) < 4.78 is 7.39. The molecular formula is C28H36N2O2. The third kappa shape index (κ3) is 4.60. The van der Waals surface area contributed by atoms with E-state index in [0.29, 0.717) is 28.9 Å². The zero-order valence-electron chi connectivity index (χ0n) is 20.3. The van der Waals surface area contributed by atoms with Crippen LogP contribution in [-0.2, 0) is 11.2 Å². The molecule has 1 saturated carbocycles. The number of nitrogens with zero attached hydrogens (tertiary/aromatic N) is 2. The Morgan fingerprint density at radius 2 is 1.88 bits per heavy atom. The number of esters is 1. The van der Waals surface area contributed by atoms with Gasteiger partial charge in [-0.3, -0.25) is 0 Å². The Morgan fingerprint density at radius 3 is 2.50 bits per heavy atom. The number of methoxy groups -OCH3 is 1. The highest BCUT2D eigenvalue weighted by atomic mass is 16.5. The van der Waals surface area contributed by atoms with Crippen molar-refractivity contribution >= 4 is 17.0 Å². The first kappa shape index (κ1) is 22.6. The van der Waals surface area contributed by atoms with Crippen molar-refractivity contribution in [1.29, 1.82) is 0 Å². The van der Waals surface area contributed by atoms with Crippen LogP contribution in [0.1, 0.15) is 93.2 Å². The molecule has 0 bridgehead atoms. The fourth-order valence-corrected chi connectivity index (χ4v) is 5.62. The molecule has 1 fully saturated rings. The van der Waals surface area contributed by atoms with Crippen molar-refractivity contribution in [2.75, 3.05) is 7.11 Å². The van der Waals surface area contributed by atoms with Gasteiger partial charge in [-0.2, -0.15) is 0 Å². The van der Waals surface area contributed by atoms with Crippen LogP contribution in [0, 0.1) is 11.3 Å². The standard InChI is InChI=1S/C28H36N2O2/c1-18(2)21-9-7-20(8-10-21)14-26-29-24-15-22(27(31)32-6)11-12-25(24)30(26)23-13-19(3)16-28(4,5)17-23/h7-12,15,18-19,23H,13-14,16-17H2,1-6H3/t19-,23+/m1/s1. The van der Waals surface area contributed by atoms with Crippen LogP contribution in [0.15, 0.2) is 42.5 Å². The summed E-state index contributed by atoms with van der Waals surface area (Å²) in [6.45, 7) is 11.6. The molecule has 1 aliphatic rings. The Kier molecular flexibility index (Phi) is 6.15. The van der Waals surface area contributed by atoms with E-state index >= 15 is 0 Å².